The van der Waals surface area contributed by atoms with Crippen LogP contribution in [0.2, 0.25) is 0 Å². The van der Waals surface area contributed by atoms with Gasteiger partial charge in [0, 0.05) is 23.2 Å². The molecule has 0 saturated heterocycles. The Morgan fingerprint density at radius 2 is 1.77 bits per heavy atom. The molecule has 128 valence electrons. The molecule has 0 aliphatic carbocycles. The van der Waals surface area contributed by atoms with Crippen LogP contribution in [0.4, 0.5) is 11.5 Å². The maximum Gasteiger partial charge on any atom is 0.267 e. The third-order valence-corrected chi connectivity index (χ3v) is 4.37. The second kappa shape index (κ2) is 6.07. The summed E-state index contributed by atoms with van der Waals surface area (Å²) in [5, 5.41) is 8.38. The first-order valence-electron chi connectivity index (χ1n) is 8.25. The molecule has 0 bridgehead atoms. The molecular weight excluding hydrogens is 326 g/mol. The van der Waals surface area contributed by atoms with Crippen molar-refractivity contribution < 1.29 is 4.79 Å². The van der Waals surface area contributed by atoms with Gasteiger partial charge in [-0.1, -0.05) is 48.0 Å². The third-order valence-electron chi connectivity index (χ3n) is 4.37. The zero-order chi connectivity index (χ0) is 18.3. The summed E-state index contributed by atoms with van der Waals surface area (Å²) < 4.78 is 0. The van der Waals surface area contributed by atoms with Crippen molar-refractivity contribution in [3.05, 3.63) is 71.4 Å². The Balaban J connectivity index is 1.92. The highest BCUT2D eigenvalue weighted by Crippen LogP contribution is 2.36. The van der Waals surface area contributed by atoms with Crippen LogP contribution in [0.5, 0.6) is 0 Å². The van der Waals surface area contributed by atoms with E-state index in [-0.39, 0.29) is 12.1 Å². The second-order valence-corrected chi connectivity index (χ2v) is 6.22. The van der Waals surface area contributed by atoms with Gasteiger partial charge in [0.1, 0.15) is 17.3 Å². The summed E-state index contributed by atoms with van der Waals surface area (Å²) in [7, 11) is 0. The van der Waals surface area contributed by atoms with Crippen LogP contribution in [0.25, 0.3) is 11.4 Å². The summed E-state index contributed by atoms with van der Waals surface area (Å²) in [5.74, 6) is 0.692. The number of hydrogen-bond donors (Lipinski definition) is 2. The van der Waals surface area contributed by atoms with Crippen LogP contribution in [-0.2, 0) is 6.42 Å². The molecule has 6 nitrogen and oxygen atoms in total. The van der Waals surface area contributed by atoms with Gasteiger partial charge < -0.3 is 5.73 Å². The lowest BCUT2D eigenvalue weighted by molar-refractivity contribution is 0.0995. The molecule has 1 aliphatic heterocycles. The Kier molecular flexibility index (Phi) is 3.73. The number of para-hydroxylation sites is 1. The topological polar surface area (TPSA) is 96.0 Å². The SMILES string of the molecule is Cc1ccc(-c2nc(C(N)=O)c3c(n2)N(c2ccccc2)C(=N)C3)cc1. The molecule has 0 spiro atoms. The van der Waals surface area contributed by atoms with Gasteiger partial charge in [-0.25, -0.2) is 9.97 Å². The van der Waals surface area contributed by atoms with E-state index >= 15 is 0 Å². The molecule has 3 aromatic rings. The molecule has 2 aromatic carbocycles. The predicted octanol–water partition coefficient (Wildman–Crippen LogP) is 3.22. The number of carbonyl (C=O) groups is 1. The van der Waals surface area contributed by atoms with Crippen molar-refractivity contribution in [1.82, 2.24) is 9.97 Å². The molecule has 26 heavy (non-hydrogen) atoms. The summed E-state index contributed by atoms with van der Waals surface area (Å²) >= 11 is 0. The second-order valence-electron chi connectivity index (χ2n) is 6.22. The third kappa shape index (κ3) is 2.61. The maximum absolute atomic E-state index is 12.0. The number of primary amides is 1. The van der Waals surface area contributed by atoms with Crippen molar-refractivity contribution in [1.29, 1.82) is 5.41 Å². The average molecular weight is 343 g/mol. The Morgan fingerprint density at radius 1 is 1.08 bits per heavy atom. The van der Waals surface area contributed by atoms with Crippen molar-refractivity contribution in [3.8, 4) is 11.4 Å². The van der Waals surface area contributed by atoms with Crippen molar-refractivity contribution >= 4 is 23.2 Å². The number of aryl methyl sites for hydroxylation is 1. The van der Waals surface area contributed by atoms with E-state index in [9.17, 15) is 4.79 Å². The molecule has 2 heterocycles. The molecule has 1 aliphatic rings. The van der Waals surface area contributed by atoms with Gasteiger partial charge in [0.05, 0.1) is 0 Å². The zero-order valence-corrected chi connectivity index (χ0v) is 14.2. The highest BCUT2D eigenvalue weighted by Gasteiger charge is 2.32. The van der Waals surface area contributed by atoms with Crippen LogP contribution in [0, 0.1) is 12.3 Å². The number of amides is 1. The van der Waals surface area contributed by atoms with Gasteiger partial charge in [0.25, 0.3) is 5.91 Å². The molecule has 1 amide bonds. The number of hydrogen-bond acceptors (Lipinski definition) is 4. The molecule has 0 saturated carbocycles. The van der Waals surface area contributed by atoms with Crippen LogP contribution in [0.3, 0.4) is 0 Å². The molecule has 0 radical (unpaired) electrons. The predicted molar refractivity (Wildman–Crippen MR) is 101 cm³/mol. The Labute approximate surface area is 150 Å². The van der Waals surface area contributed by atoms with Gasteiger partial charge in [-0.3, -0.25) is 15.1 Å². The molecule has 6 heteroatoms. The number of anilines is 2. The smallest absolute Gasteiger partial charge is 0.267 e. The maximum atomic E-state index is 12.0. The fraction of sp³-hybridized carbons (Fsp3) is 0.100. The van der Waals surface area contributed by atoms with Gasteiger partial charge in [-0.05, 0) is 19.1 Å². The lowest BCUT2D eigenvalue weighted by atomic mass is 10.1. The largest absolute Gasteiger partial charge is 0.364 e. The van der Waals surface area contributed by atoms with E-state index in [1.165, 1.54) is 0 Å². The van der Waals surface area contributed by atoms with E-state index in [1.54, 1.807) is 4.90 Å². The van der Waals surface area contributed by atoms with Gasteiger partial charge in [0.2, 0.25) is 0 Å². The molecule has 1 aromatic heterocycles. The van der Waals surface area contributed by atoms with E-state index in [0.29, 0.717) is 23.0 Å². The molecule has 3 N–H and O–H groups in total. The van der Waals surface area contributed by atoms with E-state index in [0.717, 1.165) is 16.8 Å². The minimum Gasteiger partial charge on any atom is -0.364 e. The normalized spacial score (nSPS) is 13.0. The molecule has 0 atom stereocenters. The first-order chi connectivity index (χ1) is 12.5. The van der Waals surface area contributed by atoms with E-state index in [2.05, 4.69) is 9.97 Å². The number of nitrogens with one attached hydrogen (secondary N) is 1. The summed E-state index contributed by atoms with van der Waals surface area (Å²) in [5.41, 5.74) is 9.08. The van der Waals surface area contributed by atoms with Crippen LogP contribution in [0.15, 0.2) is 54.6 Å². The first kappa shape index (κ1) is 16.0. The van der Waals surface area contributed by atoms with Crippen molar-refractivity contribution in [2.75, 3.05) is 4.90 Å². The lowest BCUT2D eigenvalue weighted by Gasteiger charge is -2.19. The lowest BCUT2D eigenvalue weighted by Crippen LogP contribution is -2.21. The summed E-state index contributed by atoms with van der Waals surface area (Å²) in [6.07, 6.45) is 0.274. The van der Waals surface area contributed by atoms with Gasteiger partial charge in [-0.15, -0.1) is 0 Å². The van der Waals surface area contributed by atoms with Crippen molar-refractivity contribution in [2.45, 2.75) is 13.3 Å². The van der Waals surface area contributed by atoms with Crippen LogP contribution in [0.1, 0.15) is 21.6 Å². The number of nitrogens with zero attached hydrogens (tertiary/aromatic N) is 3. The van der Waals surface area contributed by atoms with E-state index in [4.69, 9.17) is 11.1 Å². The fourth-order valence-corrected chi connectivity index (χ4v) is 3.08. The molecular formula is C20H17N5O. The van der Waals surface area contributed by atoms with E-state index < -0.39 is 5.91 Å². The molecule has 0 unspecified atom stereocenters. The number of rotatable bonds is 3. The summed E-state index contributed by atoms with van der Waals surface area (Å²) in [4.78, 5) is 22.8. The van der Waals surface area contributed by atoms with Crippen molar-refractivity contribution in [2.24, 2.45) is 5.73 Å². The Morgan fingerprint density at radius 3 is 2.42 bits per heavy atom. The molecule has 0 fully saturated rings. The minimum atomic E-state index is -0.611. The van der Waals surface area contributed by atoms with Gasteiger partial charge >= 0.3 is 0 Å². The van der Waals surface area contributed by atoms with Gasteiger partial charge in [-0.2, -0.15) is 0 Å². The number of aromatic nitrogens is 2. The van der Waals surface area contributed by atoms with Crippen LogP contribution < -0.4 is 10.6 Å². The highest BCUT2D eigenvalue weighted by atomic mass is 16.1. The fourth-order valence-electron chi connectivity index (χ4n) is 3.08. The number of benzene rings is 2. The number of amidine groups is 1. The average Bonchev–Trinajstić information content (AvgIpc) is 2.97. The monoisotopic (exact) mass is 343 g/mol. The number of fused-ring (bicyclic) bond motifs is 1. The van der Waals surface area contributed by atoms with Crippen molar-refractivity contribution in [3.63, 3.8) is 0 Å². The number of nitrogens with two attached hydrogens (primary N) is 1. The highest BCUT2D eigenvalue weighted by molar-refractivity contribution is 6.10. The summed E-state index contributed by atoms with van der Waals surface area (Å²) in [6, 6.07) is 17.3. The van der Waals surface area contributed by atoms with E-state index in [1.807, 2.05) is 61.5 Å². The first-order valence-corrected chi connectivity index (χ1v) is 8.25. The van der Waals surface area contributed by atoms with Crippen LogP contribution >= 0.6 is 0 Å². The Bertz CT molecular complexity index is 1010. The standard InChI is InChI=1S/C20H17N5O/c1-12-7-9-13(10-8-12)19-23-17(18(22)26)15-11-16(21)25(20(15)24-19)14-5-3-2-4-6-14/h2-10,21H,11H2,1H3,(H2,22,26). The molecule has 4 rings (SSSR count). The Hall–Kier alpha value is -3.54. The quantitative estimate of drug-likeness (QED) is 0.763. The minimum absolute atomic E-state index is 0.175. The number of carbonyl (C=O) groups excluding carboxylic acids is 1. The van der Waals surface area contributed by atoms with Crippen LogP contribution in [-0.4, -0.2) is 21.7 Å². The van der Waals surface area contributed by atoms with Gasteiger partial charge in [0.15, 0.2) is 5.82 Å². The summed E-state index contributed by atoms with van der Waals surface area (Å²) in [6.45, 7) is 2.00. The zero-order valence-electron chi connectivity index (χ0n) is 14.2.